The van der Waals surface area contributed by atoms with Crippen molar-refractivity contribution in [1.29, 1.82) is 0 Å². The minimum Gasteiger partial charge on any atom is -0.480 e. The quantitative estimate of drug-likeness (QED) is 0.763. The largest absolute Gasteiger partial charge is 0.480 e. The van der Waals surface area contributed by atoms with Crippen LogP contribution in [0.15, 0.2) is 11.2 Å². The third kappa shape index (κ3) is 3.66. The van der Waals surface area contributed by atoms with E-state index in [4.69, 9.17) is 9.47 Å². The third-order valence-corrected chi connectivity index (χ3v) is 2.50. The van der Waals surface area contributed by atoms with Gasteiger partial charge >= 0.3 is 6.01 Å². The number of aliphatic imine (C=N–C) groups is 1. The summed E-state index contributed by atoms with van der Waals surface area (Å²) in [6, 6.07) is 0.100. The number of aromatic nitrogens is 2. The number of rotatable bonds is 6. The Morgan fingerprint density at radius 1 is 1.39 bits per heavy atom. The molecule has 0 spiro atoms. The first kappa shape index (κ1) is 14.4. The Morgan fingerprint density at radius 3 is 2.61 bits per heavy atom. The Kier molecular flexibility index (Phi) is 5.51. The van der Waals surface area contributed by atoms with Gasteiger partial charge in [-0.1, -0.05) is 13.8 Å². The summed E-state index contributed by atoms with van der Waals surface area (Å²) in [5.74, 6) is 0.655. The van der Waals surface area contributed by atoms with Crippen molar-refractivity contribution in [2.24, 2.45) is 10.9 Å². The van der Waals surface area contributed by atoms with Crippen molar-refractivity contribution in [2.45, 2.75) is 19.9 Å². The molecule has 0 bridgehead atoms. The van der Waals surface area contributed by atoms with Crippen LogP contribution in [-0.4, -0.2) is 48.2 Å². The van der Waals surface area contributed by atoms with Gasteiger partial charge in [0.15, 0.2) is 0 Å². The van der Waals surface area contributed by atoms with Crippen LogP contribution < -0.4 is 9.47 Å². The Morgan fingerprint density at radius 2 is 2.11 bits per heavy atom. The normalized spacial score (nSPS) is 13.0. The second-order valence-electron chi connectivity index (χ2n) is 4.09. The Labute approximate surface area is 107 Å². The molecule has 6 heteroatoms. The molecule has 18 heavy (non-hydrogen) atoms. The molecule has 0 unspecified atom stereocenters. The molecule has 0 saturated carbocycles. The molecule has 0 fully saturated rings. The molecule has 1 heterocycles. The second kappa shape index (κ2) is 6.90. The Balaban J connectivity index is 2.92. The molecule has 0 aliphatic rings. The molecule has 0 radical (unpaired) electrons. The average Bonchev–Trinajstić information content (AvgIpc) is 2.39. The molecule has 6 nitrogen and oxygen atoms in total. The van der Waals surface area contributed by atoms with Crippen LogP contribution in [-0.2, 0) is 0 Å². The standard InChI is InChI=1S/C12H19N3O3/c1-8(2)10(7-16)13-5-9-6-14-12(18-4)15-11(9)17-3/h5-6,8,10,16H,7H2,1-4H3/t10-/m0/s1. The summed E-state index contributed by atoms with van der Waals surface area (Å²) in [6.45, 7) is 4.01. The molecule has 1 N–H and O–H groups in total. The minimum absolute atomic E-state index is 0.00743. The number of hydrogen-bond donors (Lipinski definition) is 1. The molecule has 0 aliphatic heterocycles. The summed E-state index contributed by atoms with van der Waals surface area (Å²) in [7, 11) is 3.01. The maximum atomic E-state index is 9.19. The van der Waals surface area contributed by atoms with Crippen molar-refractivity contribution in [2.75, 3.05) is 20.8 Å². The van der Waals surface area contributed by atoms with E-state index < -0.39 is 0 Å². The monoisotopic (exact) mass is 253 g/mol. The minimum atomic E-state index is -0.142. The van der Waals surface area contributed by atoms with Gasteiger partial charge in [0, 0.05) is 12.4 Å². The van der Waals surface area contributed by atoms with Gasteiger partial charge in [0.25, 0.3) is 0 Å². The smallest absolute Gasteiger partial charge is 0.319 e. The fourth-order valence-corrected chi connectivity index (χ4v) is 1.32. The van der Waals surface area contributed by atoms with Crippen LogP contribution in [0.4, 0.5) is 0 Å². The van der Waals surface area contributed by atoms with E-state index >= 15 is 0 Å². The zero-order valence-corrected chi connectivity index (χ0v) is 11.1. The van der Waals surface area contributed by atoms with Crippen LogP contribution in [0.1, 0.15) is 19.4 Å². The van der Waals surface area contributed by atoms with E-state index in [1.165, 1.54) is 14.2 Å². The summed E-state index contributed by atoms with van der Waals surface area (Å²) in [6.07, 6.45) is 3.18. The number of hydrogen-bond acceptors (Lipinski definition) is 6. The van der Waals surface area contributed by atoms with Crippen LogP contribution in [0.25, 0.3) is 0 Å². The summed E-state index contributed by atoms with van der Waals surface area (Å²) in [4.78, 5) is 12.3. The third-order valence-electron chi connectivity index (χ3n) is 2.50. The van der Waals surface area contributed by atoms with Gasteiger partial charge in [0.05, 0.1) is 32.4 Å². The molecular weight excluding hydrogens is 234 g/mol. The van der Waals surface area contributed by atoms with Crippen molar-refractivity contribution in [3.8, 4) is 11.9 Å². The van der Waals surface area contributed by atoms with Gasteiger partial charge in [0.1, 0.15) is 0 Å². The van der Waals surface area contributed by atoms with Crippen LogP contribution >= 0.6 is 0 Å². The fourth-order valence-electron chi connectivity index (χ4n) is 1.32. The first-order chi connectivity index (χ1) is 8.62. The fraction of sp³-hybridized carbons (Fsp3) is 0.583. The highest BCUT2D eigenvalue weighted by Crippen LogP contribution is 2.15. The zero-order valence-electron chi connectivity index (χ0n) is 11.1. The number of methoxy groups -OCH3 is 2. The summed E-state index contributed by atoms with van der Waals surface area (Å²) in [5.41, 5.74) is 0.650. The van der Waals surface area contributed by atoms with Crippen LogP contribution in [0.3, 0.4) is 0 Å². The molecule has 1 aromatic rings. The maximum absolute atomic E-state index is 9.19. The van der Waals surface area contributed by atoms with Gasteiger partial charge in [-0.25, -0.2) is 4.98 Å². The number of aliphatic hydroxyl groups excluding tert-OH is 1. The molecule has 0 aliphatic carbocycles. The number of nitrogens with zero attached hydrogens (tertiary/aromatic N) is 3. The molecule has 1 aromatic heterocycles. The average molecular weight is 253 g/mol. The molecule has 0 aromatic carbocycles. The molecule has 1 rings (SSSR count). The van der Waals surface area contributed by atoms with Gasteiger partial charge in [-0.2, -0.15) is 4.98 Å². The SMILES string of the molecule is COc1ncc(C=N[C@@H](CO)C(C)C)c(OC)n1. The first-order valence-electron chi connectivity index (χ1n) is 5.71. The van der Waals surface area contributed by atoms with Gasteiger partial charge < -0.3 is 14.6 Å². The van der Waals surface area contributed by atoms with Crippen molar-refractivity contribution in [3.63, 3.8) is 0 Å². The van der Waals surface area contributed by atoms with E-state index in [-0.39, 0.29) is 24.6 Å². The Bertz CT molecular complexity index is 408. The van der Waals surface area contributed by atoms with E-state index in [2.05, 4.69) is 15.0 Å². The van der Waals surface area contributed by atoms with Crippen LogP contribution in [0.5, 0.6) is 11.9 Å². The van der Waals surface area contributed by atoms with Gasteiger partial charge in [-0.3, -0.25) is 4.99 Å². The summed E-state index contributed by atoms with van der Waals surface area (Å²) < 4.78 is 10.0. The van der Waals surface area contributed by atoms with Crippen molar-refractivity contribution >= 4 is 6.21 Å². The predicted molar refractivity (Wildman–Crippen MR) is 68.4 cm³/mol. The summed E-state index contributed by atoms with van der Waals surface area (Å²) in [5, 5.41) is 9.19. The molecule has 0 saturated heterocycles. The topological polar surface area (TPSA) is 76.8 Å². The van der Waals surface area contributed by atoms with Gasteiger partial charge in [-0.15, -0.1) is 0 Å². The van der Waals surface area contributed by atoms with Crippen molar-refractivity contribution < 1.29 is 14.6 Å². The lowest BCUT2D eigenvalue weighted by molar-refractivity contribution is 0.240. The lowest BCUT2D eigenvalue weighted by Crippen LogP contribution is -2.17. The van der Waals surface area contributed by atoms with Crippen molar-refractivity contribution in [1.82, 2.24) is 9.97 Å². The number of ether oxygens (including phenoxy) is 2. The van der Waals surface area contributed by atoms with Crippen molar-refractivity contribution in [3.05, 3.63) is 11.8 Å². The lowest BCUT2D eigenvalue weighted by Gasteiger charge is -2.12. The van der Waals surface area contributed by atoms with E-state index in [0.717, 1.165) is 0 Å². The number of aliphatic hydroxyl groups is 1. The van der Waals surface area contributed by atoms with Gasteiger partial charge in [-0.05, 0) is 5.92 Å². The van der Waals surface area contributed by atoms with E-state index in [0.29, 0.717) is 11.4 Å². The van der Waals surface area contributed by atoms with Crippen LogP contribution in [0.2, 0.25) is 0 Å². The highest BCUT2D eigenvalue weighted by atomic mass is 16.5. The maximum Gasteiger partial charge on any atom is 0.319 e. The second-order valence-corrected chi connectivity index (χ2v) is 4.09. The molecular formula is C12H19N3O3. The van der Waals surface area contributed by atoms with Gasteiger partial charge in [0.2, 0.25) is 5.88 Å². The first-order valence-corrected chi connectivity index (χ1v) is 5.71. The summed E-state index contributed by atoms with van der Waals surface area (Å²) >= 11 is 0. The van der Waals surface area contributed by atoms with E-state index in [1.54, 1.807) is 12.4 Å². The van der Waals surface area contributed by atoms with Crippen LogP contribution in [0, 0.1) is 5.92 Å². The molecule has 0 amide bonds. The highest BCUT2D eigenvalue weighted by Gasteiger charge is 2.11. The predicted octanol–water partition coefficient (Wildman–Crippen LogP) is 0.930. The molecule has 100 valence electrons. The van der Waals surface area contributed by atoms with E-state index in [9.17, 15) is 5.11 Å². The van der Waals surface area contributed by atoms with E-state index in [1.807, 2.05) is 13.8 Å². The zero-order chi connectivity index (χ0) is 13.5. The lowest BCUT2D eigenvalue weighted by atomic mass is 10.1. The molecule has 1 atom stereocenters. The highest BCUT2D eigenvalue weighted by molar-refractivity contribution is 5.82. The Hall–Kier alpha value is -1.69.